The molecule has 67 valence electrons. The summed E-state index contributed by atoms with van der Waals surface area (Å²) in [7, 11) is 0. The maximum Gasteiger partial charge on any atom is 0.0855 e. The Bertz CT molecular complexity index is 59.5. The SMILES string of the molecule is CCCCCCCOOO[O]. The quantitative estimate of drug-likeness (QED) is 0.313. The van der Waals surface area contributed by atoms with E-state index in [1.807, 2.05) is 0 Å². The summed E-state index contributed by atoms with van der Waals surface area (Å²) in [5, 5.41) is 15.9. The van der Waals surface area contributed by atoms with Crippen molar-refractivity contribution in [3.63, 3.8) is 0 Å². The van der Waals surface area contributed by atoms with E-state index in [-0.39, 0.29) is 0 Å². The van der Waals surface area contributed by atoms with E-state index in [0.717, 1.165) is 12.8 Å². The van der Waals surface area contributed by atoms with Crippen molar-refractivity contribution in [1.82, 2.24) is 0 Å². The van der Waals surface area contributed by atoms with Crippen molar-refractivity contribution in [3.8, 4) is 0 Å². The molecule has 0 bridgehead atoms. The van der Waals surface area contributed by atoms with Gasteiger partial charge in [-0.3, -0.25) is 0 Å². The Morgan fingerprint density at radius 3 is 2.45 bits per heavy atom. The molecule has 0 aromatic carbocycles. The summed E-state index contributed by atoms with van der Waals surface area (Å²) >= 11 is 0. The molecule has 0 amide bonds. The molecule has 0 fully saturated rings. The van der Waals surface area contributed by atoms with E-state index in [1.54, 1.807) is 0 Å². The first-order chi connectivity index (χ1) is 5.41. The Labute approximate surface area is 66.9 Å². The van der Waals surface area contributed by atoms with Crippen LogP contribution >= 0.6 is 0 Å². The molecule has 4 nitrogen and oxygen atoms in total. The Kier molecular flexibility index (Phi) is 9.70. The van der Waals surface area contributed by atoms with Gasteiger partial charge in [-0.25, -0.2) is 4.89 Å². The maximum absolute atomic E-state index is 9.22. The van der Waals surface area contributed by atoms with Gasteiger partial charge in [0.05, 0.1) is 6.61 Å². The Balaban J connectivity index is 2.69. The van der Waals surface area contributed by atoms with Crippen molar-refractivity contribution in [1.29, 1.82) is 0 Å². The number of unbranched alkanes of at least 4 members (excludes halogenated alkanes) is 4. The van der Waals surface area contributed by atoms with Crippen LogP contribution in [0.15, 0.2) is 0 Å². The molecule has 0 spiro atoms. The van der Waals surface area contributed by atoms with Crippen LogP contribution in [0.3, 0.4) is 0 Å². The fourth-order valence-corrected chi connectivity index (χ4v) is 0.818. The van der Waals surface area contributed by atoms with Crippen LogP contribution < -0.4 is 0 Å². The van der Waals surface area contributed by atoms with Crippen LogP contribution in [0.1, 0.15) is 39.0 Å². The Hall–Kier alpha value is -0.160. The molecule has 0 aliphatic rings. The second-order valence-electron chi connectivity index (χ2n) is 2.37. The minimum absolute atomic E-state index is 0.423. The molecule has 0 saturated heterocycles. The summed E-state index contributed by atoms with van der Waals surface area (Å²) in [4.78, 5) is 4.33. The average Bonchev–Trinajstić information content (AvgIpc) is 2.03. The highest BCUT2D eigenvalue weighted by Gasteiger charge is 1.90. The predicted molar refractivity (Wildman–Crippen MR) is 37.6 cm³/mol. The van der Waals surface area contributed by atoms with Gasteiger partial charge in [0.25, 0.3) is 0 Å². The summed E-state index contributed by atoms with van der Waals surface area (Å²) in [6.07, 6.45) is 5.69. The van der Waals surface area contributed by atoms with Gasteiger partial charge >= 0.3 is 0 Å². The zero-order chi connectivity index (χ0) is 8.36. The maximum atomic E-state index is 9.22. The minimum Gasteiger partial charge on any atom is -0.204 e. The normalized spacial score (nSPS) is 10.4. The van der Waals surface area contributed by atoms with Gasteiger partial charge in [-0.05, 0) is 21.8 Å². The van der Waals surface area contributed by atoms with Crippen molar-refractivity contribution in [2.75, 3.05) is 6.61 Å². The Morgan fingerprint density at radius 1 is 1.09 bits per heavy atom. The van der Waals surface area contributed by atoms with Gasteiger partial charge in [-0.15, -0.1) is 0 Å². The first-order valence-corrected chi connectivity index (χ1v) is 4.00. The summed E-state index contributed by atoms with van der Waals surface area (Å²) in [5.41, 5.74) is 0. The lowest BCUT2D eigenvalue weighted by molar-refractivity contribution is -0.646. The molecule has 0 rings (SSSR count). The molecule has 0 heterocycles. The fourth-order valence-electron chi connectivity index (χ4n) is 0.818. The second-order valence-corrected chi connectivity index (χ2v) is 2.37. The van der Waals surface area contributed by atoms with Crippen molar-refractivity contribution < 1.29 is 20.2 Å². The first kappa shape index (κ1) is 10.8. The molecule has 0 atom stereocenters. The zero-order valence-electron chi connectivity index (χ0n) is 6.88. The molecular formula is C7H15O4. The van der Waals surface area contributed by atoms with Crippen molar-refractivity contribution >= 4 is 0 Å². The highest BCUT2D eigenvalue weighted by Crippen LogP contribution is 2.02. The molecule has 0 aliphatic carbocycles. The second kappa shape index (κ2) is 9.84. The third kappa shape index (κ3) is 9.84. The largest absolute Gasteiger partial charge is 0.204 e. The lowest BCUT2D eigenvalue weighted by Crippen LogP contribution is -1.95. The summed E-state index contributed by atoms with van der Waals surface area (Å²) in [6.45, 7) is 2.58. The number of hydrogen-bond acceptors (Lipinski definition) is 3. The molecule has 0 aromatic heterocycles. The molecule has 0 N–H and O–H groups in total. The zero-order valence-corrected chi connectivity index (χ0v) is 6.88. The predicted octanol–water partition coefficient (Wildman–Crippen LogP) is 2.18. The summed E-state index contributed by atoms with van der Waals surface area (Å²) in [5.74, 6) is 0. The van der Waals surface area contributed by atoms with E-state index in [0.29, 0.717) is 6.61 Å². The third-order valence-corrected chi connectivity index (χ3v) is 1.41. The lowest BCUT2D eigenvalue weighted by Gasteiger charge is -1.98. The number of rotatable bonds is 8. The van der Waals surface area contributed by atoms with E-state index in [2.05, 4.69) is 21.9 Å². The van der Waals surface area contributed by atoms with Gasteiger partial charge in [0.2, 0.25) is 0 Å². The van der Waals surface area contributed by atoms with Crippen LogP contribution in [0.2, 0.25) is 0 Å². The van der Waals surface area contributed by atoms with Gasteiger partial charge < -0.3 is 0 Å². The van der Waals surface area contributed by atoms with E-state index in [4.69, 9.17) is 0 Å². The summed E-state index contributed by atoms with van der Waals surface area (Å²) in [6, 6.07) is 0. The van der Waals surface area contributed by atoms with Crippen LogP contribution in [0, 0.1) is 0 Å². The van der Waals surface area contributed by atoms with E-state index in [1.165, 1.54) is 19.3 Å². The highest BCUT2D eigenvalue weighted by molar-refractivity contribution is 4.39. The topological polar surface area (TPSA) is 47.6 Å². The van der Waals surface area contributed by atoms with E-state index >= 15 is 0 Å². The van der Waals surface area contributed by atoms with Gasteiger partial charge in [-0.2, -0.15) is 0 Å². The molecule has 4 heteroatoms. The van der Waals surface area contributed by atoms with Crippen LogP contribution in [0.25, 0.3) is 0 Å². The molecular weight excluding hydrogens is 148 g/mol. The monoisotopic (exact) mass is 163 g/mol. The van der Waals surface area contributed by atoms with Gasteiger partial charge in [0.1, 0.15) is 0 Å². The van der Waals surface area contributed by atoms with Gasteiger partial charge in [0, 0.05) is 0 Å². The van der Waals surface area contributed by atoms with Crippen LogP contribution in [0.4, 0.5) is 0 Å². The first-order valence-electron chi connectivity index (χ1n) is 4.00. The van der Waals surface area contributed by atoms with Crippen molar-refractivity contribution in [2.45, 2.75) is 39.0 Å². The average molecular weight is 163 g/mol. The molecule has 0 unspecified atom stereocenters. The summed E-state index contributed by atoms with van der Waals surface area (Å²) < 4.78 is 0. The van der Waals surface area contributed by atoms with Crippen LogP contribution in [-0.2, 0) is 20.2 Å². The van der Waals surface area contributed by atoms with E-state index < -0.39 is 0 Å². The third-order valence-electron chi connectivity index (χ3n) is 1.41. The smallest absolute Gasteiger partial charge is 0.0855 e. The van der Waals surface area contributed by atoms with Gasteiger partial charge in [0.15, 0.2) is 0 Å². The van der Waals surface area contributed by atoms with E-state index in [9.17, 15) is 5.26 Å². The van der Waals surface area contributed by atoms with Crippen molar-refractivity contribution in [2.24, 2.45) is 0 Å². The van der Waals surface area contributed by atoms with Gasteiger partial charge in [-0.1, -0.05) is 32.6 Å². The fraction of sp³-hybridized carbons (Fsp3) is 1.00. The van der Waals surface area contributed by atoms with Crippen molar-refractivity contribution in [3.05, 3.63) is 0 Å². The Morgan fingerprint density at radius 2 is 1.82 bits per heavy atom. The van der Waals surface area contributed by atoms with Crippen LogP contribution in [0.5, 0.6) is 0 Å². The molecule has 0 aliphatic heterocycles. The molecule has 0 aromatic rings. The highest BCUT2D eigenvalue weighted by atomic mass is 17.6. The number of hydrogen-bond donors (Lipinski definition) is 0. The molecule has 11 heavy (non-hydrogen) atoms. The lowest BCUT2D eigenvalue weighted by atomic mass is 10.2. The molecule has 1 radical (unpaired) electrons. The molecule has 0 saturated carbocycles. The minimum atomic E-state index is 0.423. The standard InChI is InChI=1S/C7H15O4/c1-2-3-4-5-6-7-9-11-10-8/h2-7H2,1H3. The van der Waals surface area contributed by atoms with Crippen LogP contribution in [-0.4, -0.2) is 6.61 Å².